The van der Waals surface area contributed by atoms with Crippen molar-refractivity contribution in [1.29, 1.82) is 0 Å². The molecule has 0 fully saturated rings. The molecule has 2 aromatic carbocycles. The summed E-state index contributed by atoms with van der Waals surface area (Å²) in [6, 6.07) is 17.0. The average Bonchev–Trinajstić information content (AvgIpc) is 3.40. The Balaban J connectivity index is 1.53. The molecule has 0 aliphatic carbocycles. The summed E-state index contributed by atoms with van der Waals surface area (Å²) in [5.74, 6) is 1.62. The van der Waals surface area contributed by atoms with Gasteiger partial charge < -0.3 is 0 Å². The predicted octanol–water partition coefficient (Wildman–Crippen LogP) is 7.15. The third-order valence-electron chi connectivity index (χ3n) is 5.31. The van der Waals surface area contributed by atoms with E-state index in [1.54, 1.807) is 23.1 Å². The van der Waals surface area contributed by atoms with E-state index in [1.165, 1.54) is 16.7 Å². The van der Waals surface area contributed by atoms with Gasteiger partial charge in [-0.1, -0.05) is 87.1 Å². The molecule has 0 saturated heterocycles. The van der Waals surface area contributed by atoms with E-state index in [0.717, 1.165) is 33.0 Å². The molecule has 32 heavy (non-hydrogen) atoms. The van der Waals surface area contributed by atoms with Crippen LogP contribution in [0.1, 0.15) is 37.6 Å². The molecule has 164 valence electrons. The first-order valence-corrected chi connectivity index (χ1v) is 12.5. The highest BCUT2D eigenvalue weighted by molar-refractivity contribution is 7.98. The quantitative estimate of drug-likeness (QED) is 0.217. The van der Waals surface area contributed by atoms with Crippen molar-refractivity contribution in [2.45, 2.75) is 50.6 Å². The van der Waals surface area contributed by atoms with Gasteiger partial charge in [0.1, 0.15) is 5.01 Å². The first kappa shape index (κ1) is 22.5. The second kappa shape index (κ2) is 9.43. The van der Waals surface area contributed by atoms with Crippen LogP contribution in [0.2, 0.25) is 0 Å². The Morgan fingerprint density at radius 1 is 1.06 bits per heavy atom. The maximum absolute atomic E-state index is 4.85. The van der Waals surface area contributed by atoms with Gasteiger partial charge in [0.05, 0.1) is 5.69 Å². The Morgan fingerprint density at radius 2 is 1.81 bits per heavy atom. The van der Waals surface area contributed by atoms with Gasteiger partial charge >= 0.3 is 0 Å². The fourth-order valence-electron chi connectivity index (χ4n) is 3.47. The van der Waals surface area contributed by atoms with Crippen LogP contribution in [0.4, 0.5) is 0 Å². The van der Waals surface area contributed by atoms with Crippen LogP contribution in [0, 0.1) is 6.92 Å². The smallest absolute Gasteiger partial charge is 0.192 e. The lowest BCUT2D eigenvalue weighted by Gasteiger charge is -2.19. The molecule has 0 radical (unpaired) electrons. The SMILES string of the molecule is C=CCn1c(SCc2csc(-c3ccccc3C)n2)nnc1-c1ccc(C(C)(C)C)cc1. The number of allylic oxidation sites excluding steroid dienone is 1. The number of hydrogen-bond donors (Lipinski definition) is 0. The molecule has 0 aliphatic rings. The molecule has 0 atom stereocenters. The summed E-state index contributed by atoms with van der Waals surface area (Å²) >= 11 is 3.35. The van der Waals surface area contributed by atoms with Crippen molar-refractivity contribution in [1.82, 2.24) is 19.7 Å². The molecular weight excluding hydrogens is 432 g/mol. The maximum Gasteiger partial charge on any atom is 0.192 e. The molecular formula is C26H28N4S2. The normalized spacial score (nSPS) is 11.6. The second-order valence-corrected chi connectivity index (χ2v) is 10.6. The van der Waals surface area contributed by atoms with E-state index in [0.29, 0.717) is 6.54 Å². The number of hydrogen-bond acceptors (Lipinski definition) is 5. The Hall–Kier alpha value is -2.70. The van der Waals surface area contributed by atoms with Gasteiger partial charge in [0, 0.05) is 28.8 Å². The Labute approximate surface area is 198 Å². The van der Waals surface area contributed by atoms with Crippen LogP contribution in [-0.4, -0.2) is 19.7 Å². The molecule has 0 saturated carbocycles. The van der Waals surface area contributed by atoms with Crippen molar-refractivity contribution < 1.29 is 0 Å². The minimum atomic E-state index is 0.124. The first-order chi connectivity index (χ1) is 15.4. The third kappa shape index (κ3) is 4.87. The predicted molar refractivity (Wildman–Crippen MR) is 136 cm³/mol. The van der Waals surface area contributed by atoms with Crippen molar-refractivity contribution in [3.05, 3.63) is 83.4 Å². The van der Waals surface area contributed by atoms with Gasteiger partial charge in [0.15, 0.2) is 11.0 Å². The van der Waals surface area contributed by atoms with Crippen molar-refractivity contribution in [3.63, 3.8) is 0 Å². The number of nitrogens with zero attached hydrogens (tertiary/aromatic N) is 4. The van der Waals surface area contributed by atoms with Crippen molar-refractivity contribution in [2.75, 3.05) is 0 Å². The van der Waals surface area contributed by atoms with E-state index >= 15 is 0 Å². The highest BCUT2D eigenvalue weighted by atomic mass is 32.2. The first-order valence-electron chi connectivity index (χ1n) is 10.6. The largest absolute Gasteiger partial charge is 0.298 e. The lowest BCUT2D eigenvalue weighted by atomic mass is 9.87. The molecule has 0 amide bonds. The van der Waals surface area contributed by atoms with Crippen LogP contribution < -0.4 is 0 Å². The standard InChI is InChI=1S/C26H28N4S2/c1-6-15-30-23(19-11-13-20(14-12-19)26(3,4)5)28-29-25(30)32-17-21-16-31-24(27-21)22-10-8-7-9-18(22)2/h6-14,16H,1,15,17H2,2-5H3. The van der Waals surface area contributed by atoms with Crippen LogP contribution in [0.5, 0.6) is 0 Å². The van der Waals surface area contributed by atoms with Gasteiger partial charge in [0.25, 0.3) is 0 Å². The fraction of sp³-hybridized carbons (Fsp3) is 0.269. The zero-order chi connectivity index (χ0) is 22.7. The van der Waals surface area contributed by atoms with Gasteiger partial charge in [-0.2, -0.15) is 0 Å². The number of aromatic nitrogens is 4. The number of thioether (sulfide) groups is 1. The van der Waals surface area contributed by atoms with Crippen molar-refractivity contribution >= 4 is 23.1 Å². The van der Waals surface area contributed by atoms with Crippen molar-refractivity contribution in [3.8, 4) is 22.0 Å². The summed E-state index contributed by atoms with van der Waals surface area (Å²) in [6.07, 6.45) is 1.89. The molecule has 2 heterocycles. The summed E-state index contributed by atoms with van der Waals surface area (Å²) in [5, 5.41) is 13.1. The van der Waals surface area contributed by atoms with E-state index in [-0.39, 0.29) is 5.41 Å². The maximum atomic E-state index is 4.85. The average molecular weight is 461 g/mol. The number of aryl methyl sites for hydroxylation is 1. The van der Waals surface area contributed by atoms with E-state index < -0.39 is 0 Å². The summed E-state index contributed by atoms with van der Waals surface area (Å²) in [6.45, 7) is 13.4. The molecule has 0 N–H and O–H groups in total. The Kier molecular flexibility index (Phi) is 6.63. The van der Waals surface area contributed by atoms with E-state index in [4.69, 9.17) is 4.98 Å². The molecule has 4 rings (SSSR count). The fourth-order valence-corrected chi connectivity index (χ4v) is 5.33. The van der Waals surface area contributed by atoms with Crippen LogP contribution in [-0.2, 0) is 17.7 Å². The monoisotopic (exact) mass is 460 g/mol. The Morgan fingerprint density at radius 3 is 2.50 bits per heavy atom. The van der Waals surface area contributed by atoms with E-state index in [9.17, 15) is 0 Å². The minimum Gasteiger partial charge on any atom is -0.298 e. The van der Waals surface area contributed by atoms with Gasteiger partial charge in [0.2, 0.25) is 0 Å². The molecule has 0 bridgehead atoms. The summed E-state index contributed by atoms with van der Waals surface area (Å²) in [5.41, 5.74) is 5.99. The van der Waals surface area contributed by atoms with E-state index in [1.807, 2.05) is 6.08 Å². The summed E-state index contributed by atoms with van der Waals surface area (Å²) in [4.78, 5) is 4.85. The number of thiazole rings is 1. The number of rotatable bonds is 7. The van der Waals surface area contributed by atoms with Crippen LogP contribution in [0.3, 0.4) is 0 Å². The minimum absolute atomic E-state index is 0.124. The lowest BCUT2D eigenvalue weighted by Crippen LogP contribution is -2.10. The van der Waals surface area contributed by atoms with Gasteiger partial charge in [-0.15, -0.1) is 28.1 Å². The highest BCUT2D eigenvalue weighted by Crippen LogP contribution is 2.31. The van der Waals surface area contributed by atoms with Crippen molar-refractivity contribution in [2.24, 2.45) is 0 Å². The molecule has 2 aromatic heterocycles. The summed E-state index contributed by atoms with van der Waals surface area (Å²) < 4.78 is 2.12. The molecule has 6 heteroatoms. The second-order valence-electron chi connectivity index (χ2n) is 8.78. The van der Waals surface area contributed by atoms with Crippen LogP contribution in [0.15, 0.2) is 71.7 Å². The number of benzene rings is 2. The van der Waals surface area contributed by atoms with Crippen LogP contribution >= 0.6 is 23.1 Å². The topological polar surface area (TPSA) is 43.6 Å². The molecule has 4 nitrogen and oxygen atoms in total. The zero-order valence-electron chi connectivity index (χ0n) is 19.0. The lowest BCUT2D eigenvalue weighted by molar-refractivity contribution is 0.590. The van der Waals surface area contributed by atoms with E-state index in [2.05, 4.69) is 103 Å². The summed E-state index contributed by atoms with van der Waals surface area (Å²) in [7, 11) is 0. The van der Waals surface area contributed by atoms with Gasteiger partial charge in [-0.05, 0) is 23.5 Å². The Bertz CT molecular complexity index is 1210. The molecule has 0 unspecified atom stereocenters. The molecule has 4 aromatic rings. The molecule has 0 spiro atoms. The third-order valence-corrected chi connectivity index (χ3v) is 7.24. The van der Waals surface area contributed by atoms with Gasteiger partial charge in [-0.3, -0.25) is 4.57 Å². The highest BCUT2D eigenvalue weighted by Gasteiger charge is 2.17. The van der Waals surface area contributed by atoms with Gasteiger partial charge in [-0.25, -0.2) is 4.98 Å². The zero-order valence-corrected chi connectivity index (χ0v) is 20.6. The molecule has 0 aliphatic heterocycles. The van der Waals surface area contributed by atoms with Crippen LogP contribution in [0.25, 0.3) is 22.0 Å².